The second kappa shape index (κ2) is 6.73. The van der Waals surface area contributed by atoms with Gasteiger partial charge in [0, 0.05) is 11.2 Å². The Bertz CT molecular complexity index is 342. The molecule has 0 aromatic heterocycles. The van der Waals surface area contributed by atoms with Crippen LogP contribution in [0.25, 0.3) is 0 Å². The van der Waals surface area contributed by atoms with E-state index in [1.165, 1.54) is 0 Å². The first-order valence-electron chi connectivity index (χ1n) is 5.19. The monoisotopic (exact) mass is 324 g/mol. The van der Waals surface area contributed by atoms with Crippen LogP contribution in [0.3, 0.4) is 0 Å². The van der Waals surface area contributed by atoms with Gasteiger partial charge >= 0.3 is 0 Å². The fourth-order valence-electron chi connectivity index (χ4n) is 1.21. The van der Waals surface area contributed by atoms with Crippen molar-refractivity contribution in [3.63, 3.8) is 0 Å². The molecule has 0 spiro atoms. The average Bonchev–Trinajstić information content (AvgIpc) is 2.24. The third-order valence-electron chi connectivity index (χ3n) is 2.51. The van der Waals surface area contributed by atoms with Gasteiger partial charge in [-0.3, -0.25) is 0 Å². The van der Waals surface area contributed by atoms with Gasteiger partial charge in [-0.1, -0.05) is 59.0 Å². The van der Waals surface area contributed by atoms with Gasteiger partial charge in [0.1, 0.15) is 10.8 Å². The van der Waals surface area contributed by atoms with Gasteiger partial charge in [-0.15, -0.1) is 0 Å². The maximum atomic E-state index is 6.03. The van der Waals surface area contributed by atoms with Gasteiger partial charge in [0.25, 0.3) is 0 Å². The van der Waals surface area contributed by atoms with Crippen molar-refractivity contribution in [2.45, 2.75) is 13.8 Å². The highest BCUT2D eigenvalue weighted by molar-refractivity contribution is 9.09. The second-order valence-electron chi connectivity index (χ2n) is 4.02. The van der Waals surface area contributed by atoms with E-state index < -0.39 is 0 Å². The first kappa shape index (κ1) is 14.1. The van der Waals surface area contributed by atoms with E-state index in [-0.39, 0.29) is 0 Å². The summed E-state index contributed by atoms with van der Waals surface area (Å²) in [6.45, 7) is 4.99. The number of benzene rings is 1. The van der Waals surface area contributed by atoms with Gasteiger partial charge in [-0.25, -0.2) is 0 Å². The van der Waals surface area contributed by atoms with Crippen molar-refractivity contribution in [1.29, 1.82) is 0 Å². The number of alkyl halides is 1. The molecule has 4 heteroatoms. The van der Waals surface area contributed by atoms with Gasteiger partial charge < -0.3 is 4.74 Å². The highest BCUT2D eigenvalue weighted by Crippen LogP contribution is 2.32. The van der Waals surface area contributed by atoms with Crippen LogP contribution in [0.15, 0.2) is 18.2 Å². The van der Waals surface area contributed by atoms with Crippen LogP contribution in [-0.4, -0.2) is 11.9 Å². The predicted octanol–water partition coefficient (Wildman–Crippen LogP) is 5.04. The lowest BCUT2D eigenvalue weighted by Crippen LogP contribution is -2.19. The highest BCUT2D eigenvalue weighted by Gasteiger charge is 2.14. The van der Waals surface area contributed by atoms with Crippen molar-refractivity contribution in [2.75, 3.05) is 11.9 Å². The van der Waals surface area contributed by atoms with E-state index in [4.69, 9.17) is 27.9 Å². The first-order chi connectivity index (χ1) is 7.56. The second-order valence-corrected chi connectivity index (χ2v) is 5.45. The summed E-state index contributed by atoms with van der Waals surface area (Å²) in [6, 6.07) is 5.42. The van der Waals surface area contributed by atoms with Crippen LogP contribution in [0.4, 0.5) is 0 Å². The lowest BCUT2D eigenvalue weighted by molar-refractivity contribution is 0.228. The Hall–Kier alpha value is 0.0800. The molecule has 0 fully saturated rings. The molecule has 1 atom stereocenters. The molecule has 1 unspecified atom stereocenters. The number of halogens is 3. The molecule has 0 radical (unpaired) electrons. The van der Waals surface area contributed by atoms with Gasteiger partial charge in [0.2, 0.25) is 0 Å². The van der Waals surface area contributed by atoms with Crippen molar-refractivity contribution in [3.8, 4) is 5.75 Å². The smallest absolute Gasteiger partial charge is 0.139 e. The summed E-state index contributed by atoms with van der Waals surface area (Å²) in [7, 11) is 0. The summed E-state index contributed by atoms with van der Waals surface area (Å²) in [4.78, 5) is 0. The number of rotatable bonds is 5. The van der Waals surface area contributed by atoms with Crippen molar-refractivity contribution in [3.05, 3.63) is 28.2 Å². The van der Waals surface area contributed by atoms with Crippen molar-refractivity contribution in [2.24, 2.45) is 11.8 Å². The van der Waals surface area contributed by atoms with Crippen LogP contribution >= 0.6 is 39.1 Å². The molecule has 1 aromatic rings. The maximum Gasteiger partial charge on any atom is 0.139 e. The maximum absolute atomic E-state index is 6.03. The Morgan fingerprint density at radius 3 is 2.56 bits per heavy atom. The molecule has 0 aliphatic rings. The van der Waals surface area contributed by atoms with Crippen LogP contribution in [0.5, 0.6) is 5.75 Å². The molecule has 0 aliphatic heterocycles. The van der Waals surface area contributed by atoms with Gasteiger partial charge in [0.15, 0.2) is 0 Å². The van der Waals surface area contributed by atoms with E-state index in [2.05, 4.69) is 29.8 Å². The van der Waals surface area contributed by atoms with Crippen LogP contribution in [0, 0.1) is 11.8 Å². The summed E-state index contributed by atoms with van der Waals surface area (Å²) in [6.07, 6.45) is 0. The number of hydrogen-bond donors (Lipinski definition) is 0. The molecule has 1 nitrogen and oxygen atoms in total. The van der Waals surface area contributed by atoms with Gasteiger partial charge in [-0.05, 0) is 18.1 Å². The van der Waals surface area contributed by atoms with Crippen molar-refractivity contribution in [1.82, 2.24) is 0 Å². The van der Waals surface area contributed by atoms with Crippen LogP contribution in [-0.2, 0) is 0 Å². The van der Waals surface area contributed by atoms with E-state index in [1.807, 2.05) is 12.1 Å². The Morgan fingerprint density at radius 1 is 1.31 bits per heavy atom. The molecule has 0 heterocycles. The topological polar surface area (TPSA) is 9.23 Å². The molecule has 0 saturated heterocycles. The van der Waals surface area contributed by atoms with Gasteiger partial charge in [0.05, 0.1) is 11.6 Å². The summed E-state index contributed by atoms with van der Waals surface area (Å²) in [5.74, 6) is 1.69. The van der Waals surface area contributed by atoms with Crippen molar-refractivity contribution >= 4 is 39.1 Å². The Balaban J connectivity index is 2.64. The predicted molar refractivity (Wildman–Crippen MR) is 74.1 cm³/mol. The minimum atomic E-state index is 0.468. The molecule has 16 heavy (non-hydrogen) atoms. The molecule has 1 aromatic carbocycles. The summed E-state index contributed by atoms with van der Waals surface area (Å²) < 4.78 is 5.69. The third-order valence-corrected chi connectivity index (χ3v) is 4.14. The molecule has 90 valence electrons. The zero-order chi connectivity index (χ0) is 12.1. The zero-order valence-corrected chi connectivity index (χ0v) is 12.4. The van der Waals surface area contributed by atoms with Crippen LogP contribution in [0.1, 0.15) is 13.8 Å². The number of hydrogen-bond acceptors (Lipinski definition) is 1. The molecular formula is C12H15BrCl2O. The highest BCUT2D eigenvalue weighted by atomic mass is 79.9. The van der Waals surface area contributed by atoms with Crippen LogP contribution in [0.2, 0.25) is 10.0 Å². The standard InChI is InChI=1S/C12H15BrCl2O/c1-8(2)9(6-13)7-16-11-5-3-4-10(14)12(11)15/h3-5,8-9H,6-7H2,1-2H3. The quantitative estimate of drug-likeness (QED) is 0.689. The molecule has 0 amide bonds. The fourth-order valence-corrected chi connectivity index (χ4v) is 2.49. The molecule has 0 aliphatic carbocycles. The van der Waals surface area contributed by atoms with E-state index in [9.17, 15) is 0 Å². The normalized spacial score (nSPS) is 12.9. The van der Waals surface area contributed by atoms with E-state index in [0.717, 1.165) is 5.33 Å². The van der Waals surface area contributed by atoms with E-state index in [0.29, 0.717) is 34.2 Å². The minimum Gasteiger partial charge on any atom is -0.492 e. The fraction of sp³-hybridized carbons (Fsp3) is 0.500. The molecule has 0 bridgehead atoms. The Morgan fingerprint density at radius 2 is 2.00 bits per heavy atom. The SMILES string of the molecule is CC(C)C(CBr)COc1cccc(Cl)c1Cl. The largest absolute Gasteiger partial charge is 0.492 e. The summed E-state index contributed by atoms with van der Waals surface area (Å²) >= 11 is 15.4. The third kappa shape index (κ3) is 3.83. The lowest BCUT2D eigenvalue weighted by atomic mass is 9.99. The average molecular weight is 326 g/mol. The first-order valence-corrected chi connectivity index (χ1v) is 7.06. The Labute approximate surface area is 115 Å². The van der Waals surface area contributed by atoms with Gasteiger partial charge in [-0.2, -0.15) is 0 Å². The molecule has 0 saturated carbocycles. The van der Waals surface area contributed by atoms with E-state index >= 15 is 0 Å². The molecule has 0 N–H and O–H groups in total. The summed E-state index contributed by atoms with van der Waals surface area (Å²) in [5.41, 5.74) is 0. The number of ether oxygens (including phenoxy) is 1. The molecule has 1 rings (SSSR count). The minimum absolute atomic E-state index is 0.468. The van der Waals surface area contributed by atoms with E-state index in [1.54, 1.807) is 6.07 Å². The zero-order valence-electron chi connectivity index (χ0n) is 9.34. The Kier molecular flexibility index (Phi) is 5.95. The summed E-state index contributed by atoms with van der Waals surface area (Å²) in [5, 5.41) is 1.93. The van der Waals surface area contributed by atoms with Crippen LogP contribution < -0.4 is 4.74 Å². The van der Waals surface area contributed by atoms with Crippen molar-refractivity contribution < 1.29 is 4.74 Å². The lowest BCUT2D eigenvalue weighted by Gasteiger charge is -2.19. The molecular weight excluding hydrogens is 311 g/mol.